The first-order chi connectivity index (χ1) is 11.1. The number of anilines is 1. The van der Waals surface area contributed by atoms with E-state index in [1.807, 2.05) is 6.07 Å². The Kier molecular flexibility index (Phi) is 5.50. The zero-order valence-electron chi connectivity index (χ0n) is 12.9. The second kappa shape index (κ2) is 7.59. The highest BCUT2D eigenvalue weighted by Gasteiger charge is 2.24. The molecule has 6 nitrogen and oxygen atoms in total. The Morgan fingerprint density at radius 3 is 2.74 bits per heavy atom. The molecule has 2 saturated heterocycles. The second-order valence-corrected chi connectivity index (χ2v) is 7.00. The molecule has 1 aromatic rings. The van der Waals surface area contributed by atoms with Crippen molar-refractivity contribution < 1.29 is 14.4 Å². The number of ether oxygens (including phenoxy) is 2. The summed E-state index contributed by atoms with van der Waals surface area (Å²) in [6.45, 7) is 4.30. The highest BCUT2D eigenvalue weighted by Crippen LogP contribution is 2.32. The molecule has 7 heteroatoms. The van der Waals surface area contributed by atoms with Crippen LogP contribution in [0.3, 0.4) is 0 Å². The molecular formula is C16H21BrN2O4. The van der Waals surface area contributed by atoms with Crippen LogP contribution >= 0.6 is 15.9 Å². The third-order valence-corrected chi connectivity index (χ3v) is 5.15. The average molecular weight is 385 g/mol. The molecule has 1 aromatic carbocycles. The molecule has 0 aliphatic carbocycles. The lowest BCUT2D eigenvalue weighted by Crippen LogP contribution is -2.37. The van der Waals surface area contributed by atoms with Gasteiger partial charge in [-0.05, 0) is 41.3 Å². The highest BCUT2D eigenvalue weighted by molar-refractivity contribution is 9.10. The van der Waals surface area contributed by atoms with Crippen LogP contribution in [0.2, 0.25) is 0 Å². The van der Waals surface area contributed by atoms with E-state index in [1.54, 1.807) is 12.1 Å². The summed E-state index contributed by atoms with van der Waals surface area (Å²) >= 11 is 3.45. The third-order valence-electron chi connectivity index (χ3n) is 4.52. The molecule has 2 fully saturated rings. The maximum atomic E-state index is 10.8. The van der Waals surface area contributed by atoms with Crippen LogP contribution in [0.1, 0.15) is 19.3 Å². The van der Waals surface area contributed by atoms with Crippen molar-refractivity contribution in [1.82, 2.24) is 0 Å². The number of non-ortho nitro benzene ring substituents is 1. The lowest BCUT2D eigenvalue weighted by atomic mass is 10.1. The number of piperidine rings is 1. The fourth-order valence-electron chi connectivity index (χ4n) is 3.12. The van der Waals surface area contributed by atoms with Gasteiger partial charge < -0.3 is 14.4 Å². The summed E-state index contributed by atoms with van der Waals surface area (Å²) in [4.78, 5) is 12.7. The summed E-state index contributed by atoms with van der Waals surface area (Å²) in [5.74, 6) is 0.553. The fraction of sp³-hybridized carbons (Fsp3) is 0.625. The van der Waals surface area contributed by atoms with E-state index in [4.69, 9.17) is 9.47 Å². The SMILES string of the molecule is O=[N+]([O-])c1ccc(N2CCC(OCC3CCOC3)CC2)c(Br)c1. The van der Waals surface area contributed by atoms with Gasteiger partial charge in [0.2, 0.25) is 0 Å². The van der Waals surface area contributed by atoms with Crippen molar-refractivity contribution >= 4 is 27.3 Å². The van der Waals surface area contributed by atoms with Gasteiger partial charge in [0.1, 0.15) is 0 Å². The number of rotatable bonds is 5. The molecule has 3 rings (SSSR count). The summed E-state index contributed by atoms with van der Waals surface area (Å²) in [5.41, 5.74) is 1.12. The van der Waals surface area contributed by atoms with Crippen molar-refractivity contribution in [2.75, 3.05) is 37.8 Å². The predicted molar refractivity (Wildman–Crippen MR) is 90.9 cm³/mol. The van der Waals surface area contributed by atoms with Gasteiger partial charge in [0, 0.05) is 42.2 Å². The van der Waals surface area contributed by atoms with Gasteiger partial charge in [-0.1, -0.05) is 0 Å². The van der Waals surface area contributed by atoms with Crippen molar-refractivity contribution in [2.24, 2.45) is 5.92 Å². The van der Waals surface area contributed by atoms with E-state index in [1.165, 1.54) is 0 Å². The van der Waals surface area contributed by atoms with Crippen molar-refractivity contribution in [2.45, 2.75) is 25.4 Å². The van der Waals surface area contributed by atoms with E-state index >= 15 is 0 Å². The molecule has 0 spiro atoms. The van der Waals surface area contributed by atoms with E-state index in [0.717, 1.165) is 62.3 Å². The molecule has 0 radical (unpaired) electrons. The van der Waals surface area contributed by atoms with Crippen LogP contribution in [-0.2, 0) is 9.47 Å². The van der Waals surface area contributed by atoms with Crippen LogP contribution in [0.5, 0.6) is 0 Å². The molecular weight excluding hydrogens is 364 g/mol. The Hall–Kier alpha value is -1.18. The maximum absolute atomic E-state index is 10.8. The van der Waals surface area contributed by atoms with Crippen molar-refractivity contribution in [1.29, 1.82) is 0 Å². The summed E-state index contributed by atoms with van der Waals surface area (Å²) in [6.07, 6.45) is 3.38. The van der Waals surface area contributed by atoms with Crippen LogP contribution in [0.25, 0.3) is 0 Å². The maximum Gasteiger partial charge on any atom is 0.270 e. The van der Waals surface area contributed by atoms with Gasteiger partial charge in [-0.3, -0.25) is 10.1 Å². The second-order valence-electron chi connectivity index (χ2n) is 6.14. The van der Waals surface area contributed by atoms with Gasteiger partial charge in [-0.15, -0.1) is 0 Å². The molecule has 0 saturated carbocycles. The molecule has 0 amide bonds. The molecule has 2 aliphatic heterocycles. The first kappa shape index (κ1) is 16.7. The number of nitro groups is 1. The van der Waals surface area contributed by atoms with Gasteiger partial charge in [0.05, 0.1) is 29.9 Å². The zero-order valence-corrected chi connectivity index (χ0v) is 14.5. The quantitative estimate of drug-likeness (QED) is 0.574. The van der Waals surface area contributed by atoms with Crippen molar-refractivity contribution in [3.05, 3.63) is 32.8 Å². The van der Waals surface area contributed by atoms with Crippen molar-refractivity contribution in [3.63, 3.8) is 0 Å². The minimum absolute atomic E-state index is 0.109. The zero-order chi connectivity index (χ0) is 16.2. The minimum Gasteiger partial charge on any atom is -0.381 e. The largest absolute Gasteiger partial charge is 0.381 e. The molecule has 0 aromatic heterocycles. The molecule has 23 heavy (non-hydrogen) atoms. The monoisotopic (exact) mass is 384 g/mol. The number of halogens is 1. The summed E-state index contributed by atoms with van der Waals surface area (Å²) in [7, 11) is 0. The molecule has 0 N–H and O–H groups in total. The number of nitrogens with zero attached hydrogens (tertiary/aromatic N) is 2. The fourth-order valence-corrected chi connectivity index (χ4v) is 3.73. The van der Waals surface area contributed by atoms with Gasteiger partial charge in [0.15, 0.2) is 0 Å². The van der Waals surface area contributed by atoms with E-state index in [2.05, 4.69) is 20.8 Å². The Morgan fingerprint density at radius 1 is 1.35 bits per heavy atom. The van der Waals surface area contributed by atoms with E-state index in [9.17, 15) is 10.1 Å². The summed E-state index contributed by atoms with van der Waals surface area (Å²) in [5, 5.41) is 10.8. The third kappa shape index (κ3) is 4.22. The first-order valence-corrected chi connectivity index (χ1v) is 8.81. The Labute approximate surface area is 144 Å². The number of nitro benzene ring substituents is 1. The molecule has 2 heterocycles. The van der Waals surface area contributed by atoms with Gasteiger partial charge >= 0.3 is 0 Å². The summed E-state index contributed by atoms with van der Waals surface area (Å²) in [6, 6.07) is 4.94. The summed E-state index contributed by atoms with van der Waals surface area (Å²) < 4.78 is 12.2. The van der Waals surface area contributed by atoms with Crippen LogP contribution in [-0.4, -0.2) is 43.9 Å². The molecule has 1 unspecified atom stereocenters. The smallest absolute Gasteiger partial charge is 0.270 e. The van der Waals surface area contributed by atoms with E-state index in [-0.39, 0.29) is 10.6 Å². The van der Waals surface area contributed by atoms with Crippen molar-refractivity contribution in [3.8, 4) is 0 Å². The van der Waals surface area contributed by atoms with Crippen LogP contribution < -0.4 is 4.90 Å². The first-order valence-electron chi connectivity index (χ1n) is 8.01. The Balaban J connectivity index is 1.51. The van der Waals surface area contributed by atoms with Crippen LogP contribution in [0.15, 0.2) is 22.7 Å². The molecule has 0 bridgehead atoms. The highest BCUT2D eigenvalue weighted by atomic mass is 79.9. The number of hydrogen-bond donors (Lipinski definition) is 0. The standard InChI is InChI=1S/C16H21BrN2O4/c17-15-9-13(19(20)21)1-2-16(15)18-6-3-14(4-7-18)23-11-12-5-8-22-10-12/h1-2,9,12,14H,3-8,10-11H2. The average Bonchev–Trinajstić information content (AvgIpc) is 3.07. The van der Waals surface area contributed by atoms with Gasteiger partial charge in [-0.25, -0.2) is 0 Å². The van der Waals surface area contributed by atoms with Gasteiger partial charge in [-0.2, -0.15) is 0 Å². The lowest BCUT2D eigenvalue weighted by Gasteiger charge is -2.34. The molecule has 1 atom stereocenters. The number of benzene rings is 1. The Bertz CT molecular complexity index is 555. The Morgan fingerprint density at radius 2 is 2.13 bits per heavy atom. The molecule has 126 valence electrons. The van der Waals surface area contributed by atoms with Crippen LogP contribution in [0, 0.1) is 16.0 Å². The van der Waals surface area contributed by atoms with E-state index < -0.39 is 0 Å². The number of hydrogen-bond acceptors (Lipinski definition) is 5. The van der Waals surface area contributed by atoms with E-state index in [0.29, 0.717) is 12.0 Å². The van der Waals surface area contributed by atoms with Gasteiger partial charge in [0.25, 0.3) is 5.69 Å². The predicted octanol–water partition coefficient (Wildman–Crippen LogP) is 3.38. The topological polar surface area (TPSA) is 64.8 Å². The normalized spacial score (nSPS) is 22.5. The van der Waals surface area contributed by atoms with Crippen LogP contribution in [0.4, 0.5) is 11.4 Å². The minimum atomic E-state index is -0.374. The lowest BCUT2D eigenvalue weighted by molar-refractivity contribution is -0.384. The molecule has 2 aliphatic rings.